The first-order valence-electron chi connectivity index (χ1n) is 9.62. The van der Waals surface area contributed by atoms with E-state index in [1.807, 2.05) is 65.6 Å². The van der Waals surface area contributed by atoms with Gasteiger partial charge in [-0.25, -0.2) is 0 Å². The second-order valence-electron chi connectivity index (χ2n) is 6.92. The van der Waals surface area contributed by atoms with Gasteiger partial charge in [-0.3, -0.25) is 4.79 Å². The molecule has 0 aliphatic carbocycles. The Hall–Kier alpha value is -3.47. The molecule has 1 aliphatic heterocycles. The molecule has 0 fully saturated rings. The second-order valence-corrected chi connectivity index (χ2v) is 6.92. The van der Waals surface area contributed by atoms with Gasteiger partial charge in [0.2, 0.25) is 5.91 Å². The van der Waals surface area contributed by atoms with Gasteiger partial charge in [-0.05, 0) is 41.5 Å². The monoisotopic (exact) mass is 388 g/mol. The van der Waals surface area contributed by atoms with Crippen LogP contribution in [-0.4, -0.2) is 36.1 Å². The van der Waals surface area contributed by atoms with Gasteiger partial charge in [0.15, 0.2) is 11.5 Å². The molecule has 29 heavy (non-hydrogen) atoms. The summed E-state index contributed by atoms with van der Waals surface area (Å²) in [5.74, 6) is 1.31. The van der Waals surface area contributed by atoms with Crippen LogP contribution in [0.25, 0.3) is 6.08 Å². The van der Waals surface area contributed by atoms with E-state index in [4.69, 9.17) is 9.47 Å². The summed E-state index contributed by atoms with van der Waals surface area (Å²) in [7, 11) is 3.24. The number of fused-ring (bicyclic) bond motifs is 1. The minimum Gasteiger partial charge on any atom is -0.493 e. The molecule has 1 unspecified atom stereocenters. The molecule has 2 heterocycles. The van der Waals surface area contributed by atoms with Crippen molar-refractivity contribution < 1.29 is 14.3 Å². The summed E-state index contributed by atoms with van der Waals surface area (Å²) in [5, 5.41) is 0. The maximum atomic E-state index is 13.1. The zero-order valence-electron chi connectivity index (χ0n) is 16.6. The molecule has 148 valence electrons. The first-order chi connectivity index (χ1) is 14.2. The Balaban J connectivity index is 1.70. The number of carbonyl (C=O) groups excluding carboxylic acids is 1. The van der Waals surface area contributed by atoms with Crippen molar-refractivity contribution in [2.24, 2.45) is 0 Å². The Morgan fingerprint density at radius 3 is 2.52 bits per heavy atom. The molecule has 5 nitrogen and oxygen atoms in total. The first kappa shape index (κ1) is 18.9. The lowest BCUT2D eigenvalue weighted by molar-refractivity contribution is -0.128. The molecule has 1 aliphatic rings. The minimum absolute atomic E-state index is 0.0129. The highest BCUT2D eigenvalue weighted by atomic mass is 16.5. The lowest BCUT2D eigenvalue weighted by Gasteiger charge is -2.37. The van der Waals surface area contributed by atoms with Crippen molar-refractivity contribution in [1.82, 2.24) is 9.47 Å². The van der Waals surface area contributed by atoms with Crippen LogP contribution in [-0.2, 0) is 11.3 Å². The van der Waals surface area contributed by atoms with E-state index in [2.05, 4.69) is 16.8 Å². The highest BCUT2D eigenvalue weighted by Crippen LogP contribution is 2.37. The van der Waals surface area contributed by atoms with Crippen molar-refractivity contribution in [3.63, 3.8) is 0 Å². The molecule has 0 saturated heterocycles. The topological polar surface area (TPSA) is 43.7 Å². The quantitative estimate of drug-likeness (QED) is 0.617. The van der Waals surface area contributed by atoms with Crippen LogP contribution < -0.4 is 9.47 Å². The SMILES string of the molecule is COc1ccc(C2c3cccn3CCN2C(=O)C=Cc2ccccc2)cc1OC. The van der Waals surface area contributed by atoms with Crippen molar-refractivity contribution in [3.05, 3.63) is 89.8 Å². The molecule has 3 aromatic rings. The van der Waals surface area contributed by atoms with Crippen LogP contribution in [0.15, 0.2) is 72.9 Å². The first-order valence-corrected chi connectivity index (χ1v) is 9.62. The molecular weight excluding hydrogens is 364 g/mol. The summed E-state index contributed by atoms with van der Waals surface area (Å²) in [6, 6.07) is 19.6. The van der Waals surface area contributed by atoms with Gasteiger partial charge >= 0.3 is 0 Å². The normalized spacial score (nSPS) is 15.9. The third kappa shape index (κ3) is 3.76. The molecule has 0 spiro atoms. The predicted octanol–water partition coefficient (Wildman–Crippen LogP) is 4.15. The summed E-state index contributed by atoms with van der Waals surface area (Å²) in [6.07, 6.45) is 5.58. The second kappa shape index (κ2) is 8.27. The molecule has 0 radical (unpaired) electrons. The van der Waals surface area contributed by atoms with Gasteiger partial charge in [0.1, 0.15) is 0 Å². The van der Waals surface area contributed by atoms with Crippen molar-refractivity contribution in [1.29, 1.82) is 0 Å². The number of rotatable bonds is 5. The van der Waals surface area contributed by atoms with Crippen LogP contribution in [0.5, 0.6) is 11.5 Å². The maximum Gasteiger partial charge on any atom is 0.247 e. The number of nitrogens with zero attached hydrogens (tertiary/aromatic N) is 2. The van der Waals surface area contributed by atoms with E-state index in [0.717, 1.165) is 23.4 Å². The Morgan fingerprint density at radius 1 is 0.966 bits per heavy atom. The zero-order valence-corrected chi connectivity index (χ0v) is 16.6. The highest BCUT2D eigenvalue weighted by Gasteiger charge is 2.31. The lowest BCUT2D eigenvalue weighted by Crippen LogP contribution is -2.41. The third-order valence-corrected chi connectivity index (χ3v) is 5.26. The van der Waals surface area contributed by atoms with E-state index in [1.165, 1.54) is 0 Å². The smallest absolute Gasteiger partial charge is 0.247 e. The summed E-state index contributed by atoms with van der Waals surface area (Å²) in [4.78, 5) is 15.1. The summed E-state index contributed by atoms with van der Waals surface area (Å²) in [5.41, 5.74) is 3.08. The number of ether oxygens (including phenoxy) is 2. The number of aromatic nitrogens is 1. The fraction of sp³-hybridized carbons (Fsp3) is 0.208. The molecule has 5 heteroatoms. The number of hydrogen-bond acceptors (Lipinski definition) is 3. The van der Waals surface area contributed by atoms with Crippen molar-refractivity contribution in [3.8, 4) is 11.5 Å². The molecule has 0 N–H and O–H groups in total. The Bertz CT molecular complexity index is 1020. The Morgan fingerprint density at radius 2 is 1.76 bits per heavy atom. The molecule has 1 amide bonds. The van der Waals surface area contributed by atoms with E-state index < -0.39 is 0 Å². The predicted molar refractivity (Wildman–Crippen MR) is 113 cm³/mol. The van der Waals surface area contributed by atoms with Crippen molar-refractivity contribution >= 4 is 12.0 Å². The van der Waals surface area contributed by atoms with E-state index in [1.54, 1.807) is 20.3 Å². The number of hydrogen-bond donors (Lipinski definition) is 0. The van der Waals surface area contributed by atoms with E-state index in [-0.39, 0.29) is 11.9 Å². The summed E-state index contributed by atoms with van der Waals surface area (Å²) in [6.45, 7) is 1.41. The number of benzene rings is 2. The number of carbonyl (C=O) groups is 1. The van der Waals surface area contributed by atoms with Gasteiger partial charge in [0.05, 0.1) is 20.3 Å². The molecule has 4 rings (SSSR count). The molecular formula is C24H24N2O3. The van der Waals surface area contributed by atoms with Gasteiger partial charge in [-0.15, -0.1) is 0 Å². The van der Waals surface area contributed by atoms with Crippen molar-refractivity contribution in [2.75, 3.05) is 20.8 Å². The van der Waals surface area contributed by atoms with Gasteiger partial charge < -0.3 is 18.9 Å². The molecule has 0 bridgehead atoms. The highest BCUT2D eigenvalue weighted by molar-refractivity contribution is 5.92. The van der Waals surface area contributed by atoms with Gasteiger partial charge in [0, 0.05) is 31.1 Å². The molecule has 2 aromatic carbocycles. The minimum atomic E-state index is -0.188. The fourth-order valence-corrected chi connectivity index (χ4v) is 3.82. The van der Waals surface area contributed by atoms with Crippen LogP contribution in [0.1, 0.15) is 22.9 Å². The van der Waals surface area contributed by atoms with Gasteiger partial charge in [-0.2, -0.15) is 0 Å². The van der Waals surface area contributed by atoms with E-state index in [0.29, 0.717) is 18.0 Å². The van der Waals surface area contributed by atoms with Crippen LogP contribution >= 0.6 is 0 Å². The maximum absolute atomic E-state index is 13.1. The average molecular weight is 388 g/mol. The molecule has 1 atom stereocenters. The number of amides is 1. The van der Waals surface area contributed by atoms with Crippen LogP contribution in [0.3, 0.4) is 0 Å². The third-order valence-electron chi connectivity index (χ3n) is 5.26. The summed E-state index contributed by atoms with van der Waals surface area (Å²) >= 11 is 0. The Labute approximate surface area is 170 Å². The van der Waals surface area contributed by atoms with Gasteiger partial charge in [-0.1, -0.05) is 36.4 Å². The largest absolute Gasteiger partial charge is 0.493 e. The average Bonchev–Trinajstić information content (AvgIpc) is 3.26. The molecule has 0 saturated carbocycles. The Kier molecular flexibility index (Phi) is 5.38. The van der Waals surface area contributed by atoms with Crippen LogP contribution in [0, 0.1) is 0 Å². The zero-order chi connectivity index (χ0) is 20.2. The van der Waals surface area contributed by atoms with Crippen LogP contribution in [0.4, 0.5) is 0 Å². The fourth-order valence-electron chi connectivity index (χ4n) is 3.82. The van der Waals surface area contributed by atoms with Crippen molar-refractivity contribution in [2.45, 2.75) is 12.6 Å². The van der Waals surface area contributed by atoms with E-state index >= 15 is 0 Å². The number of methoxy groups -OCH3 is 2. The van der Waals surface area contributed by atoms with Crippen LogP contribution in [0.2, 0.25) is 0 Å². The standard InChI is InChI=1S/C24H24N2O3/c1-28-21-12-11-19(17-22(21)29-2)24-20-9-6-14-25(20)15-16-26(24)23(27)13-10-18-7-4-3-5-8-18/h3-14,17,24H,15-16H2,1-2H3. The van der Waals surface area contributed by atoms with Gasteiger partial charge in [0.25, 0.3) is 0 Å². The van der Waals surface area contributed by atoms with E-state index in [9.17, 15) is 4.79 Å². The summed E-state index contributed by atoms with van der Waals surface area (Å²) < 4.78 is 13.1. The molecule has 1 aromatic heterocycles. The lowest BCUT2D eigenvalue weighted by atomic mass is 9.99.